The molecule has 0 unspecified atom stereocenters. The molecule has 2 N–H and O–H groups in total. The van der Waals surface area contributed by atoms with Crippen LogP contribution in [0.2, 0.25) is 0 Å². The van der Waals surface area contributed by atoms with Gasteiger partial charge in [-0.25, -0.2) is 9.07 Å². The van der Waals surface area contributed by atoms with E-state index in [1.807, 2.05) is 26.0 Å². The average molecular weight is 219 g/mol. The zero-order chi connectivity index (χ0) is 11.7. The normalized spacial score (nSPS) is 12.8. The van der Waals surface area contributed by atoms with Gasteiger partial charge in [0, 0.05) is 12.2 Å². The van der Waals surface area contributed by atoms with Crippen molar-refractivity contribution in [2.75, 3.05) is 0 Å². The third kappa shape index (κ3) is 1.84. The monoisotopic (exact) mass is 219 g/mol. The topological polar surface area (TPSA) is 43.8 Å². The maximum absolute atomic E-state index is 13.8. The Morgan fingerprint density at radius 3 is 2.69 bits per heavy atom. The summed E-state index contributed by atoms with van der Waals surface area (Å²) in [5.74, 6) is -0.307. The van der Waals surface area contributed by atoms with Crippen molar-refractivity contribution in [2.24, 2.45) is 5.73 Å². The molecule has 0 fully saturated rings. The highest BCUT2D eigenvalue weighted by molar-refractivity contribution is 5.43. The molecule has 0 aliphatic carbocycles. The lowest BCUT2D eigenvalue weighted by atomic mass is 10.1. The first-order chi connectivity index (χ1) is 7.59. The van der Waals surface area contributed by atoms with Crippen LogP contribution in [-0.2, 0) is 0 Å². The minimum atomic E-state index is -0.307. The van der Waals surface area contributed by atoms with Crippen molar-refractivity contribution in [1.82, 2.24) is 9.78 Å². The SMILES string of the molecule is Cc1ccn(-c2c(F)cccc2[C@H](C)N)n1. The average Bonchev–Trinajstić information content (AvgIpc) is 2.64. The highest BCUT2D eigenvalue weighted by atomic mass is 19.1. The van der Waals surface area contributed by atoms with Crippen LogP contribution in [0.15, 0.2) is 30.5 Å². The molecule has 0 bridgehead atoms. The Balaban J connectivity index is 2.62. The second-order valence-electron chi connectivity index (χ2n) is 3.87. The summed E-state index contributed by atoms with van der Waals surface area (Å²) in [4.78, 5) is 0. The standard InChI is InChI=1S/C12H14FN3/c1-8-6-7-16(15-8)12-10(9(2)14)4-3-5-11(12)13/h3-7,9H,14H2,1-2H3/t9-/m0/s1. The van der Waals surface area contributed by atoms with Crippen molar-refractivity contribution < 1.29 is 4.39 Å². The fourth-order valence-electron chi connectivity index (χ4n) is 1.68. The quantitative estimate of drug-likeness (QED) is 0.842. The van der Waals surface area contributed by atoms with Crippen molar-refractivity contribution in [3.8, 4) is 5.69 Å². The van der Waals surface area contributed by atoms with E-state index in [1.54, 1.807) is 12.3 Å². The Hall–Kier alpha value is -1.68. The minimum absolute atomic E-state index is 0.227. The summed E-state index contributed by atoms with van der Waals surface area (Å²) < 4.78 is 15.3. The van der Waals surface area contributed by atoms with Crippen LogP contribution < -0.4 is 5.73 Å². The largest absolute Gasteiger partial charge is 0.324 e. The molecule has 0 saturated heterocycles. The van der Waals surface area contributed by atoms with Crippen molar-refractivity contribution in [3.63, 3.8) is 0 Å². The van der Waals surface area contributed by atoms with Gasteiger partial charge < -0.3 is 5.73 Å². The molecule has 84 valence electrons. The minimum Gasteiger partial charge on any atom is -0.324 e. The molecular formula is C12H14FN3. The van der Waals surface area contributed by atoms with Gasteiger partial charge in [-0.05, 0) is 31.5 Å². The number of nitrogens with zero attached hydrogens (tertiary/aromatic N) is 2. The van der Waals surface area contributed by atoms with Crippen LogP contribution in [0.4, 0.5) is 4.39 Å². The number of hydrogen-bond donors (Lipinski definition) is 1. The van der Waals surface area contributed by atoms with Gasteiger partial charge in [-0.1, -0.05) is 12.1 Å². The molecular weight excluding hydrogens is 205 g/mol. The summed E-state index contributed by atoms with van der Waals surface area (Å²) in [6, 6.07) is 6.50. The van der Waals surface area contributed by atoms with Crippen LogP contribution in [0.1, 0.15) is 24.2 Å². The van der Waals surface area contributed by atoms with E-state index in [-0.39, 0.29) is 11.9 Å². The third-order valence-corrected chi connectivity index (χ3v) is 2.46. The fraction of sp³-hybridized carbons (Fsp3) is 0.250. The Kier molecular flexibility index (Phi) is 2.75. The van der Waals surface area contributed by atoms with Crippen LogP contribution in [0.25, 0.3) is 5.69 Å². The van der Waals surface area contributed by atoms with Gasteiger partial charge in [-0.3, -0.25) is 0 Å². The summed E-state index contributed by atoms with van der Waals surface area (Å²) in [6.07, 6.45) is 1.74. The Labute approximate surface area is 93.7 Å². The van der Waals surface area contributed by atoms with Crippen molar-refractivity contribution in [1.29, 1.82) is 0 Å². The molecule has 2 aromatic rings. The Bertz CT molecular complexity index is 503. The molecule has 0 radical (unpaired) electrons. The van der Waals surface area contributed by atoms with Crippen LogP contribution in [0.5, 0.6) is 0 Å². The molecule has 1 aromatic heterocycles. The number of hydrogen-bond acceptors (Lipinski definition) is 2. The van der Waals surface area contributed by atoms with E-state index in [1.165, 1.54) is 10.7 Å². The van der Waals surface area contributed by atoms with Crippen molar-refractivity contribution >= 4 is 0 Å². The molecule has 16 heavy (non-hydrogen) atoms. The molecule has 4 heteroatoms. The van der Waals surface area contributed by atoms with Gasteiger partial charge in [-0.15, -0.1) is 0 Å². The van der Waals surface area contributed by atoms with Crippen LogP contribution in [0.3, 0.4) is 0 Å². The van der Waals surface area contributed by atoms with Gasteiger partial charge in [0.25, 0.3) is 0 Å². The van der Waals surface area contributed by atoms with E-state index >= 15 is 0 Å². The first-order valence-electron chi connectivity index (χ1n) is 5.16. The van der Waals surface area contributed by atoms with Gasteiger partial charge in [-0.2, -0.15) is 5.10 Å². The van der Waals surface area contributed by atoms with E-state index in [0.29, 0.717) is 5.69 Å². The van der Waals surface area contributed by atoms with Crippen LogP contribution >= 0.6 is 0 Å². The first-order valence-corrected chi connectivity index (χ1v) is 5.16. The molecule has 1 aromatic carbocycles. The molecule has 0 aliphatic heterocycles. The summed E-state index contributed by atoms with van der Waals surface area (Å²) in [7, 11) is 0. The Morgan fingerprint density at radius 1 is 1.38 bits per heavy atom. The van der Waals surface area contributed by atoms with Gasteiger partial charge in [0.1, 0.15) is 11.5 Å². The number of rotatable bonds is 2. The zero-order valence-electron chi connectivity index (χ0n) is 9.31. The van der Waals surface area contributed by atoms with E-state index in [4.69, 9.17) is 5.73 Å². The predicted molar refractivity (Wildman–Crippen MR) is 60.9 cm³/mol. The molecule has 3 nitrogen and oxygen atoms in total. The van der Waals surface area contributed by atoms with E-state index in [2.05, 4.69) is 5.10 Å². The maximum Gasteiger partial charge on any atom is 0.149 e. The molecule has 1 heterocycles. The van der Waals surface area contributed by atoms with Crippen LogP contribution in [0, 0.1) is 12.7 Å². The van der Waals surface area contributed by atoms with Gasteiger partial charge in [0.15, 0.2) is 0 Å². The second kappa shape index (κ2) is 4.06. The number of aryl methyl sites for hydroxylation is 1. The molecule has 1 atom stereocenters. The van der Waals surface area contributed by atoms with E-state index < -0.39 is 0 Å². The molecule has 2 rings (SSSR count). The van der Waals surface area contributed by atoms with Crippen molar-refractivity contribution in [3.05, 3.63) is 47.5 Å². The smallest absolute Gasteiger partial charge is 0.149 e. The van der Waals surface area contributed by atoms with Gasteiger partial charge >= 0.3 is 0 Å². The fourth-order valence-corrected chi connectivity index (χ4v) is 1.68. The van der Waals surface area contributed by atoms with Crippen molar-refractivity contribution in [2.45, 2.75) is 19.9 Å². The summed E-state index contributed by atoms with van der Waals surface area (Å²) >= 11 is 0. The summed E-state index contributed by atoms with van der Waals surface area (Å²) in [5, 5.41) is 4.21. The highest BCUT2D eigenvalue weighted by Crippen LogP contribution is 2.22. The molecule has 0 saturated carbocycles. The maximum atomic E-state index is 13.8. The lowest BCUT2D eigenvalue weighted by Crippen LogP contribution is -2.11. The second-order valence-corrected chi connectivity index (χ2v) is 3.87. The van der Waals surface area contributed by atoms with E-state index in [9.17, 15) is 4.39 Å². The lowest BCUT2D eigenvalue weighted by Gasteiger charge is -2.13. The summed E-state index contributed by atoms with van der Waals surface area (Å²) in [6.45, 7) is 3.69. The number of nitrogens with two attached hydrogens (primary N) is 1. The first kappa shape index (κ1) is 10.8. The number of halogens is 1. The summed E-state index contributed by atoms with van der Waals surface area (Å²) in [5.41, 5.74) is 7.85. The van der Waals surface area contributed by atoms with Gasteiger partial charge in [0.05, 0.1) is 5.69 Å². The van der Waals surface area contributed by atoms with Crippen LogP contribution in [-0.4, -0.2) is 9.78 Å². The number of benzene rings is 1. The third-order valence-electron chi connectivity index (χ3n) is 2.46. The Morgan fingerprint density at radius 2 is 2.12 bits per heavy atom. The number of para-hydroxylation sites is 1. The van der Waals surface area contributed by atoms with E-state index in [0.717, 1.165) is 11.3 Å². The zero-order valence-corrected chi connectivity index (χ0v) is 9.31. The van der Waals surface area contributed by atoms with Gasteiger partial charge in [0.2, 0.25) is 0 Å². The number of aromatic nitrogens is 2. The molecule has 0 aliphatic rings. The predicted octanol–water partition coefficient (Wildman–Crippen LogP) is 2.34. The molecule has 0 spiro atoms. The highest BCUT2D eigenvalue weighted by Gasteiger charge is 2.13. The molecule has 0 amide bonds. The lowest BCUT2D eigenvalue weighted by molar-refractivity contribution is 0.602.